The summed E-state index contributed by atoms with van der Waals surface area (Å²) in [6, 6.07) is 15.7. The number of carbonyl (C=O) groups is 2. The van der Waals surface area contributed by atoms with Crippen molar-refractivity contribution in [2.45, 2.75) is 36.8 Å². The first-order chi connectivity index (χ1) is 15.0. The van der Waals surface area contributed by atoms with Gasteiger partial charge in [0.15, 0.2) is 5.16 Å². The molecule has 1 heterocycles. The Morgan fingerprint density at radius 1 is 1.13 bits per heavy atom. The quantitative estimate of drug-likeness (QED) is 0.366. The molecule has 0 bridgehead atoms. The van der Waals surface area contributed by atoms with Gasteiger partial charge in [-0.25, -0.2) is 9.78 Å². The van der Waals surface area contributed by atoms with Crippen LogP contribution >= 0.6 is 11.8 Å². The zero-order valence-electron chi connectivity index (χ0n) is 17.1. The second-order valence-corrected chi connectivity index (χ2v) is 8.17. The van der Waals surface area contributed by atoms with Crippen molar-refractivity contribution in [3.05, 3.63) is 70.5 Å². The predicted octanol–water partition coefficient (Wildman–Crippen LogP) is 2.29. The first-order valence-corrected chi connectivity index (χ1v) is 10.8. The van der Waals surface area contributed by atoms with Crippen molar-refractivity contribution in [2.24, 2.45) is 0 Å². The van der Waals surface area contributed by atoms with Gasteiger partial charge in [-0.3, -0.25) is 19.5 Å². The molecule has 3 aromatic rings. The number of amides is 3. The normalized spacial score (nSPS) is 11.8. The molecule has 3 rings (SSSR count). The lowest BCUT2D eigenvalue weighted by Gasteiger charge is -2.16. The number of thioether (sulfide) groups is 1. The topological polar surface area (TPSA) is 113 Å². The molecule has 0 saturated carbocycles. The highest BCUT2D eigenvalue weighted by atomic mass is 32.2. The lowest BCUT2D eigenvalue weighted by molar-refractivity contribution is -0.119. The molecule has 0 aliphatic heterocycles. The van der Waals surface area contributed by atoms with Crippen molar-refractivity contribution in [1.82, 2.24) is 20.2 Å². The van der Waals surface area contributed by atoms with Gasteiger partial charge in [-0.05, 0) is 31.0 Å². The molecule has 0 spiro atoms. The van der Waals surface area contributed by atoms with E-state index >= 15 is 0 Å². The zero-order valence-corrected chi connectivity index (χ0v) is 17.9. The van der Waals surface area contributed by atoms with E-state index < -0.39 is 17.2 Å². The summed E-state index contributed by atoms with van der Waals surface area (Å²) in [5.74, 6) is -0.494. The molecule has 0 aliphatic carbocycles. The van der Waals surface area contributed by atoms with Crippen LogP contribution in [0.3, 0.4) is 0 Å². The van der Waals surface area contributed by atoms with E-state index in [1.54, 1.807) is 31.2 Å². The van der Waals surface area contributed by atoms with Crippen LogP contribution in [0.1, 0.15) is 18.9 Å². The van der Waals surface area contributed by atoms with Gasteiger partial charge >= 0.3 is 6.03 Å². The number of nitrogens with zero attached hydrogens (tertiary/aromatic N) is 2. The van der Waals surface area contributed by atoms with Crippen LogP contribution in [0.5, 0.6) is 0 Å². The smallest absolute Gasteiger partial charge is 0.321 e. The molecular weight excluding hydrogens is 416 g/mol. The Morgan fingerprint density at radius 3 is 2.58 bits per heavy atom. The predicted molar refractivity (Wildman–Crippen MR) is 120 cm³/mol. The monoisotopic (exact) mass is 440 g/mol. The fourth-order valence-corrected chi connectivity index (χ4v) is 3.85. The van der Waals surface area contributed by atoms with Crippen LogP contribution in [0.4, 0.5) is 4.79 Å². The van der Waals surface area contributed by atoms with Gasteiger partial charge in [0, 0.05) is 19.7 Å². The minimum atomic E-state index is -0.670. The van der Waals surface area contributed by atoms with Crippen molar-refractivity contribution in [3.63, 3.8) is 0 Å². The molecule has 1 unspecified atom stereocenters. The number of nitrogens with one attached hydrogen (secondary N) is 2. The second kappa shape index (κ2) is 10.7. The molecule has 162 valence electrons. The van der Waals surface area contributed by atoms with E-state index in [9.17, 15) is 19.5 Å². The van der Waals surface area contributed by atoms with Gasteiger partial charge in [-0.2, -0.15) is 0 Å². The number of imide groups is 1. The van der Waals surface area contributed by atoms with Gasteiger partial charge in [0.1, 0.15) is 0 Å². The van der Waals surface area contributed by atoms with Gasteiger partial charge in [0.2, 0.25) is 5.91 Å². The highest BCUT2D eigenvalue weighted by Gasteiger charge is 2.21. The van der Waals surface area contributed by atoms with Crippen LogP contribution in [-0.4, -0.2) is 38.5 Å². The number of fused-ring (bicyclic) bond motifs is 1. The van der Waals surface area contributed by atoms with E-state index in [0.29, 0.717) is 29.0 Å². The number of hydrogen-bond donors (Lipinski definition) is 3. The lowest BCUT2D eigenvalue weighted by atomic mass is 10.2. The number of rotatable bonds is 8. The molecule has 3 amide bonds. The van der Waals surface area contributed by atoms with E-state index in [4.69, 9.17) is 0 Å². The molecule has 0 radical (unpaired) electrons. The standard InChI is InChI=1S/C22H24N4O4S/c1-15(19(28)25-21(30)23-14-16-8-3-2-4-9-16)31-22-24-18-11-6-5-10-17(18)20(29)26(22)12-7-13-27/h2-6,8-11,15,27H,7,12-14H2,1H3,(H2,23,25,28,30). The summed E-state index contributed by atoms with van der Waals surface area (Å²) >= 11 is 1.09. The van der Waals surface area contributed by atoms with E-state index in [2.05, 4.69) is 15.6 Å². The molecule has 0 fully saturated rings. The van der Waals surface area contributed by atoms with E-state index in [1.807, 2.05) is 30.3 Å². The van der Waals surface area contributed by atoms with Crippen molar-refractivity contribution in [3.8, 4) is 0 Å². The number of aliphatic hydroxyl groups excluding tert-OH is 1. The van der Waals surface area contributed by atoms with Gasteiger partial charge in [0.25, 0.3) is 5.56 Å². The van der Waals surface area contributed by atoms with E-state index in [0.717, 1.165) is 17.3 Å². The molecule has 0 saturated heterocycles. The summed E-state index contributed by atoms with van der Waals surface area (Å²) in [4.78, 5) is 42.0. The fraction of sp³-hybridized carbons (Fsp3) is 0.273. The van der Waals surface area contributed by atoms with E-state index in [1.165, 1.54) is 4.57 Å². The summed E-state index contributed by atoms with van der Waals surface area (Å²) in [6.45, 7) is 2.15. The molecule has 8 nitrogen and oxygen atoms in total. The first-order valence-electron chi connectivity index (χ1n) is 9.89. The molecule has 1 aromatic heterocycles. The molecule has 3 N–H and O–H groups in total. The molecular formula is C22H24N4O4S. The van der Waals surface area contributed by atoms with Gasteiger partial charge in [-0.15, -0.1) is 0 Å². The largest absolute Gasteiger partial charge is 0.396 e. The fourth-order valence-electron chi connectivity index (χ4n) is 2.91. The maximum absolute atomic E-state index is 12.9. The number of carbonyl (C=O) groups excluding carboxylic acids is 2. The number of aromatic nitrogens is 2. The summed E-state index contributed by atoms with van der Waals surface area (Å²) in [5, 5.41) is 14.3. The summed E-state index contributed by atoms with van der Waals surface area (Å²) in [6.07, 6.45) is 0.385. The Labute approximate surface area is 183 Å². The Balaban J connectivity index is 1.69. The zero-order chi connectivity index (χ0) is 22.2. The number of benzene rings is 2. The third-order valence-corrected chi connectivity index (χ3v) is 5.64. The number of aliphatic hydroxyl groups is 1. The third kappa shape index (κ3) is 5.93. The average Bonchev–Trinajstić information content (AvgIpc) is 2.78. The number of urea groups is 1. The first kappa shape index (κ1) is 22.5. The van der Waals surface area contributed by atoms with Crippen molar-refractivity contribution < 1.29 is 14.7 Å². The van der Waals surface area contributed by atoms with Crippen LogP contribution in [0.25, 0.3) is 10.9 Å². The molecule has 31 heavy (non-hydrogen) atoms. The summed E-state index contributed by atoms with van der Waals surface area (Å²) < 4.78 is 1.46. The summed E-state index contributed by atoms with van der Waals surface area (Å²) in [7, 11) is 0. The maximum atomic E-state index is 12.9. The van der Waals surface area contributed by atoms with E-state index in [-0.39, 0.29) is 18.7 Å². The Hall–Kier alpha value is -3.17. The maximum Gasteiger partial charge on any atom is 0.321 e. The lowest BCUT2D eigenvalue weighted by Crippen LogP contribution is -2.42. The Morgan fingerprint density at radius 2 is 1.84 bits per heavy atom. The molecule has 1 atom stereocenters. The van der Waals surface area contributed by atoms with Gasteiger partial charge in [0.05, 0.1) is 16.2 Å². The summed E-state index contributed by atoms with van der Waals surface area (Å²) in [5.41, 5.74) is 1.22. The van der Waals surface area contributed by atoms with Crippen LogP contribution in [-0.2, 0) is 17.9 Å². The van der Waals surface area contributed by atoms with Crippen LogP contribution in [0, 0.1) is 0 Å². The molecule has 9 heteroatoms. The van der Waals surface area contributed by atoms with Crippen LogP contribution < -0.4 is 16.2 Å². The number of hydrogen-bond acceptors (Lipinski definition) is 6. The second-order valence-electron chi connectivity index (χ2n) is 6.86. The highest BCUT2D eigenvalue weighted by Crippen LogP contribution is 2.22. The third-order valence-electron chi connectivity index (χ3n) is 4.55. The van der Waals surface area contributed by atoms with Crippen molar-refractivity contribution in [2.75, 3.05) is 6.61 Å². The molecule has 2 aromatic carbocycles. The minimum absolute atomic E-state index is 0.0685. The minimum Gasteiger partial charge on any atom is -0.396 e. The van der Waals surface area contributed by atoms with Crippen LogP contribution in [0.15, 0.2) is 64.5 Å². The molecule has 0 aliphatic rings. The average molecular weight is 441 g/mol. The Kier molecular flexibility index (Phi) is 7.80. The SMILES string of the molecule is CC(Sc1nc2ccccc2c(=O)n1CCCO)C(=O)NC(=O)NCc1ccccc1. The van der Waals surface area contributed by atoms with Gasteiger partial charge in [-0.1, -0.05) is 54.2 Å². The Bertz CT molecular complexity index is 1120. The highest BCUT2D eigenvalue weighted by molar-refractivity contribution is 8.00. The number of para-hydroxylation sites is 1. The van der Waals surface area contributed by atoms with Gasteiger partial charge < -0.3 is 10.4 Å². The van der Waals surface area contributed by atoms with Crippen molar-refractivity contribution in [1.29, 1.82) is 0 Å². The van der Waals surface area contributed by atoms with Crippen LogP contribution in [0.2, 0.25) is 0 Å². The van der Waals surface area contributed by atoms with Crippen molar-refractivity contribution >= 4 is 34.6 Å².